The Labute approximate surface area is 320 Å². The summed E-state index contributed by atoms with van der Waals surface area (Å²) in [6.45, 7) is 26.6. The Kier molecular flexibility index (Phi) is 21.1. The first-order valence-electron chi connectivity index (χ1n) is 20.0. The van der Waals surface area contributed by atoms with Gasteiger partial charge in [0.25, 0.3) is 0 Å². The van der Waals surface area contributed by atoms with Crippen molar-refractivity contribution in [3.63, 3.8) is 0 Å². The molecule has 11 heteroatoms. The molecule has 0 spiro atoms. The number of hydrogen-bond donors (Lipinski definition) is 0. The lowest BCUT2D eigenvalue weighted by Crippen LogP contribution is -2.47. The van der Waals surface area contributed by atoms with E-state index in [1.54, 1.807) is 0 Å². The topological polar surface area (TPSA) is 121 Å². The molecule has 0 radical (unpaired) electrons. The maximum atomic E-state index is 13.5. The molecule has 1 fully saturated rings. The molecular weight excluding hydrogens is 680 g/mol. The number of carbonyl (C=O) groups is 2. The summed E-state index contributed by atoms with van der Waals surface area (Å²) in [5.74, 6) is -0.516. The number of allylic oxidation sites excluding steroid dienone is 3. The molecule has 13 unspecified atom stereocenters. The van der Waals surface area contributed by atoms with Gasteiger partial charge in [-0.05, 0) is 98.6 Å². The second-order valence-corrected chi connectivity index (χ2v) is 14.8. The Morgan fingerprint density at radius 2 is 1.60 bits per heavy atom. The van der Waals surface area contributed by atoms with E-state index in [2.05, 4.69) is 26.8 Å². The van der Waals surface area contributed by atoms with Crippen molar-refractivity contribution >= 4 is 11.9 Å². The standard InChI is InChI=1S/C42H72O11/c1-14-36(50-33(11)46-16-3)30(8)41-37(51-41)25-27(5)19-18-20-28(6)40-29(7)21-22-38(48-31(9)43)42(13,53-34(12)47-17-4)24-23-35(26-39(44)52-40)49-32(10)45-15-2/h18-22,27,29-30,32-38,40-41H,14-17,23-26H2,1-13H3/b19-18+,22-21-,28-20+. The van der Waals surface area contributed by atoms with Crippen molar-refractivity contribution in [2.24, 2.45) is 17.8 Å². The zero-order valence-electron chi connectivity index (χ0n) is 35.0. The molecule has 0 aromatic heterocycles. The van der Waals surface area contributed by atoms with Crippen molar-refractivity contribution in [3.05, 3.63) is 36.0 Å². The number of rotatable bonds is 21. The molecule has 0 bridgehead atoms. The van der Waals surface area contributed by atoms with Crippen molar-refractivity contribution in [1.29, 1.82) is 0 Å². The second-order valence-electron chi connectivity index (χ2n) is 14.8. The predicted molar refractivity (Wildman–Crippen MR) is 205 cm³/mol. The molecule has 2 heterocycles. The normalized spacial score (nSPS) is 31.3. The third-order valence-corrected chi connectivity index (χ3v) is 9.95. The van der Waals surface area contributed by atoms with Gasteiger partial charge in [-0.15, -0.1) is 0 Å². The van der Waals surface area contributed by atoms with E-state index < -0.39 is 42.5 Å². The summed E-state index contributed by atoms with van der Waals surface area (Å²) in [6, 6.07) is 0. The molecular formula is C42H72O11. The minimum absolute atomic E-state index is 0.0231. The van der Waals surface area contributed by atoms with Gasteiger partial charge in [0.2, 0.25) is 0 Å². The number of carbonyl (C=O) groups excluding carboxylic acids is 2. The van der Waals surface area contributed by atoms with Crippen LogP contribution in [0.1, 0.15) is 122 Å². The highest BCUT2D eigenvalue weighted by Crippen LogP contribution is 2.38. The Hall–Kier alpha value is -2.12. The fourth-order valence-electron chi connectivity index (χ4n) is 7.11. The van der Waals surface area contributed by atoms with Crippen LogP contribution in [0.2, 0.25) is 0 Å². The summed E-state index contributed by atoms with van der Waals surface area (Å²) in [5, 5.41) is 0. The smallest absolute Gasteiger partial charge is 0.309 e. The molecule has 0 amide bonds. The fraction of sp³-hybridized carbons (Fsp3) is 0.810. The summed E-state index contributed by atoms with van der Waals surface area (Å²) < 4.78 is 53.9. The number of hydrogen-bond acceptors (Lipinski definition) is 11. The maximum Gasteiger partial charge on any atom is 0.309 e. The maximum absolute atomic E-state index is 13.5. The molecule has 13 atom stereocenters. The van der Waals surface area contributed by atoms with Gasteiger partial charge in [-0.2, -0.15) is 0 Å². The average Bonchev–Trinajstić information content (AvgIpc) is 3.84. The van der Waals surface area contributed by atoms with Gasteiger partial charge in [0.05, 0.1) is 30.8 Å². The van der Waals surface area contributed by atoms with Gasteiger partial charge >= 0.3 is 11.9 Å². The number of ether oxygens (including phenoxy) is 9. The van der Waals surface area contributed by atoms with Crippen molar-refractivity contribution in [3.8, 4) is 0 Å². The number of epoxide rings is 1. The molecule has 2 rings (SSSR count). The van der Waals surface area contributed by atoms with Crippen LogP contribution in [0.15, 0.2) is 36.0 Å². The lowest BCUT2D eigenvalue weighted by atomic mass is 9.88. The predicted octanol–water partition coefficient (Wildman–Crippen LogP) is 8.24. The Balaban J connectivity index is 2.28. The highest BCUT2D eigenvalue weighted by molar-refractivity contribution is 5.70. The number of cyclic esters (lactones) is 1. The van der Waals surface area contributed by atoms with Gasteiger partial charge in [-0.25, -0.2) is 0 Å². The second kappa shape index (κ2) is 23.7. The van der Waals surface area contributed by atoms with E-state index in [0.29, 0.717) is 32.7 Å². The largest absolute Gasteiger partial charge is 0.457 e. The molecule has 0 N–H and O–H groups in total. The van der Waals surface area contributed by atoms with Gasteiger partial charge in [-0.1, -0.05) is 52.0 Å². The zero-order chi connectivity index (χ0) is 39.7. The first kappa shape index (κ1) is 47.0. The van der Waals surface area contributed by atoms with E-state index in [1.807, 2.05) is 86.6 Å². The number of esters is 2. The minimum atomic E-state index is -0.982. The molecule has 2 aliphatic rings. The van der Waals surface area contributed by atoms with Crippen LogP contribution in [0.5, 0.6) is 0 Å². The van der Waals surface area contributed by atoms with Crippen LogP contribution < -0.4 is 0 Å². The van der Waals surface area contributed by atoms with Crippen LogP contribution in [-0.2, 0) is 52.2 Å². The third-order valence-electron chi connectivity index (χ3n) is 9.95. The van der Waals surface area contributed by atoms with E-state index in [-0.39, 0.29) is 54.7 Å². The summed E-state index contributed by atoms with van der Waals surface area (Å²) in [5.41, 5.74) is -0.103. The summed E-state index contributed by atoms with van der Waals surface area (Å²) in [6.07, 6.45) is 9.88. The molecule has 53 heavy (non-hydrogen) atoms. The molecule has 1 saturated heterocycles. The van der Waals surface area contributed by atoms with Gasteiger partial charge in [0.15, 0.2) is 18.9 Å². The molecule has 0 saturated carbocycles. The highest BCUT2D eigenvalue weighted by atomic mass is 16.7. The van der Waals surface area contributed by atoms with Crippen LogP contribution >= 0.6 is 0 Å². The highest BCUT2D eigenvalue weighted by Gasteiger charge is 2.46. The van der Waals surface area contributed by atoms with Gasteiger partial charge in [-0.3, -0.25) is 9.59 Å². The summed E-state index contributed by atoms with van der Waals surface area (Å²) >= 11 is 0. The Bertz CT molecular complexity index is 1170. The van der Waals surface area contributed by atoms with Gasteiger partial charge < -0.3 is 42.6 Å². The van der Waals surface area contributed by atoms with Crippen LogP contribution in [0.25, 0.3) is 0 Å². The molecule has 306 valence electrons. The molecule has 11 nitrogen and oxygen atoms in total. The fourth-order valence-corrected chi connectivity index (χ4v) is 7.11. The molecule has 0 aromatic carbocycles. The first-order chi connectivity index (χ1) is 25.1. The van der Waals surface area contributed by atoms with Crippen LogP contribution in [0.4, 0.5) is 0 Å². The van der Waals surface area contributed by atoms with Crippen LogP contribution in [-0.4, -0.2) is 92.9 Å². The van der Waals surface area contributed by atoms with Crippen molar-refractivity contribution < 1.29 is 52.2 Å². The van der Waals surface area contributed by atoms with Gasteiger partial charge in [0.1, 0.15) is 17.8 Å². The molecule has 2 aliphatic heterocycles. The van der Waals surface area contributed by atoms with E-state index in [0.717, 1.165) is 18.4 Å². The zero-order valence-corrected chi connectivity index (χ0v) is 35.0. The summed E-state index contributed by atoms with van der Waals surface area (Å²) in [4.78, 5) is 25.9. The summed E-state index contributed by atoms with van der Waals surface area (Å²) in [7, 11) is 0. The third kappa shape index (κ3) is 16.6. The van der Waals surface area contributed by atoms with E-state index in [4.69, 9.17) is 42.6 Å². The average molecular weight is 753 g/mol. The Morgan fingerprint density at radius 1 is 0.962 bits per heavy atom. The van der Waals surface area contributed by atoms with Crippen molar-refractivity contribution in [1.82, 2.24) is 0 Å². The van der Waals surface area contributed by atoms with E-state index in [1.165, 1.54) is 6.92 Å². The SMILES string of the molecule is CCOC(C)OC1CCC(C)(OC(C)OCC)C(OC(C)=O)/C=C\C(C)C(/C(C)=C/C=C/C(C)CC2OC2C(C)C(CC)OC(C)OCC)OC(=O)C1. The monoisotopic (exact) mass is 753 g/mol. The lowest BCUT2D eigenvalue weighted by Gasteiger charge is -2.39. The quantitative estimate of drug-likeness (QED) is 0.0371. The Morgan fingerprint density at radius 3 is 2.23 bits per heavy atom. The van der Waals surface area contributed by atoms with E-state index in [9.17, 15) is 9.59 Å². The molecule has 0 aromatic rings. The van der Waals surface area contributed by atoms with Crippen molar-refractivity contribution in [2.75, 3.05) is 19.8 Å². The molecule has 0 aliphatic carbocycles. The lowest BCUT2D eigenvalue weighted by molar-refractivity contribution is -0.230. The van der Waals surface area contributed by atoms with Crippen LogP contribution in [0, 0.1) is 17.8 Å². The minimum Gasteiger partial charge on any atom is -0.457 e. The van der Waals surface area contributed by atoms with Crippen molar-refractivity contribution in [2.45, 2.75) is 183 Å². The first-order valence-corrected chi connectivity index (χ1v) is 20.0. The van der Waals surface area contributed by atoms with E-state index >= 15 is 0 Å². The van der Waals surface area contributed by atoms with Crippen LogP contribution in [0.3, 0.4) is 0 Å². The van der Waals surface area contributed by atoms with Gasteiger partial charge in [0, 0.05) is 38.6 Å².